The molecule has 0 saturated carbocycles. The van der Waals surface area contributed by atoms with Gasteiger partial charge in [0.1, 0.15) is 10.3 Å². The number of aromatic nitrogens is 2. The van der Waals surface area contributed by atoms with Crippen molar-refractivity contribution in [3.63, 3.8) is 0 Å². The van der Waals surface area contributed by atoms with E-state index in [4.69, 9.17) is 23.2 Å². The quantitative estimate of drug-likeness (QED) is 0.303. The first-order valence-corrected chi connectivity index (χ1v) is 14.8. The summed E-state index contributed by atoms with van der Waals surface area (Å²) in [4.78, 5) is 38.6. The van der Waals surface area contributed by atoms with E-state index in [1.165, 1.54) is 0 Å². The number of carbonyl (C=O) groups is 2. The minimum atomic E-state index is -0.242. The van der Waals surface area contributed by atoms with Crippen LogP contribution in [0.15, 0.2) is 47.3 Å². The molecule has 2 N–H and O–H groups in total. The Hall–Kier alpha value is -2.72. The van der Waals surface area contributed by atoms with Crippen LogP contribution < -0.4 is 10.6 Å². The second-order valence-electron chi connectivity index (χ2n) is 9.83. The van der Waals surface area contributed by atoms with E-state index in [2.05, 4.69) is 43.9 Å². The Kier molecular flexibility index (Phi) is 10.6. The summed E-state index contributed by atoms with van der Waals surface area (Å²) in [5.74, 6) is -0.242. The molecule has 1 aliphatic rings. The SMILES string of the molecule is Cc1cc(Cl)nc(Cl)c1C(=O)NCCC(C)N1CCC(N(Cc2ccsc2)C(=O)NCc2ccccn2)CC1. The predicted octanol–water partition coefficient (Wildman–Crippen LogP) is 5.54. The number of piperidine rings is 1. The molecule has 4 heterocycles. The molecule has 0 bridgehead atoms. The number of urea groups is 1. The van der Waals surface area contributed by atoms with E-state index in [-0.39, 0.29) is 34.3 Å². The van der Waals surface area contributed by atoms with Crippen molar-refractivity contribution in [3.05, 3.63) is 80.0 Å². The van der Waals surface area contributed by atoms with E-state index >= 15 is 0 Å². The van der Waals surface area contributed by atoms with Crippen LogP contribution in [-0.2, 0) is 13.1 Å². The van der Waals surface area contributed by atoms with Crippen LogP contribution in [0.3, 0.4) is 0 Å². The Bertz CT molecular complexity index is 1210. The lowest BCUT2D eigenvalue weighted by molar-refractivity contribution is 0.0903. The Balaban J connectivity index is 1.27. The summed E-state index contributed by atoms with van der Waals surface area (Å²) in [6, 6.07) is 9.78. The van der Waals surface area contributed by atoms with Gasteiger partial charge in [-0.3, -0.25) is 9.78 Å². The van der Waals surface area contributed by atoms with E-state index < -0.39 is 0 Å². The number of hydrogen-bond donors (Lipinski definition) is 2. The number of nitrogens with one attached hydrogen (secondary N) is 2. The maximum Gasteiger partial charge on any atom is 0.318 e. The zero-order valence-corrected chi connectivity index (χ0v) is 24.5. The zero-order valence-electron chi connectivity index (χ0n) is 22.2. The van der Waals surface area contributed by atoms with Gasteiger partial charge in [-0.2, -0.15) is 11.3 Å². The van der Waals surface area contributed by atoms with Gasteiger partial charge in [0.25, 0.3) is 5.91 Å². The average molecular weight is 590 g/mol. The second-order valence-corrected chi connectivity index (χ2v) is 11.4. The van der Waals surface area contributed by atoms with Crippen LogP contribution in [0.2, 0.25) is 10.3 Å². The minimum absolute atomic E-state index is 0.0632. The summed E-state index contributed by atoms with van der Waals surface area (Å²) < 4.78 is 0. The number of hydrogen-bond acceptors (Lipinski definition) is 6. The highest BCUT2D eigenvalue weighted by Gasteiger charge is 2.30. The molecular formula is C28H34Cl2N6O2S. The molecule has 0 spiro atoms. The van der Waals surface area contributed by atoms with Crippen LogP contribution >= 0.6 is 34.5 Å². The van der Waals surface area contributed by atoms with Crippen molar-refractivity contribution in [2.24, 2.45) is 0 Å². The third kappa shape index (κ3) is 8.14. The summed E-state index contributed by atoms with van der Waals surface area (Å²) in [6.07, 6.45) is 4.32. The van der Waals surface area contributed by atoms with Crippen molar-refractivity contribution in [2.75, 3.05) is 19.6 Å². The van der Waals surface area contributed by atoms with E-state index in [0.29, 0.717) is 30.8 Å². The number of nitrogens with zero attached hydrogens (tertiary/aromatic N) is 4. The van der Waals surface area contributed by atoms with Crippen molar-refractivity contribution < 1.29 is 9.59 Å². The molecule has 3 amide bonds. The molecule has 4 rings (SSSR count). The fourth-order valence-corrected chi connectivity index (χ4v) is 6.17. The van der Waals surface area contributed by atoms with E-state index in [0.717, 1.165) is 43.6 Å². The molecule has 1 aliphatic heterocycles. The van der Waals surface area contributed by atoms with Gasteiger partial charge < -0.3 is 20.4 Å². The number of rotatable bonds is 10. The topological polar surface area (TPSA) is 90.5 Å². The molecular weight excluding hydrogens is 555 g/mol. The predicted molar refractivity (Wildman–Crippen MR) is 156 cm³/mol. The summed E-state index contributed by atoms with van der Waals surface area (Å²) in [5.41, 5.74) is 3.04. The van der Waals surface area contributed by atoms with Crippen LogP contribution in [0.5, 0.6) is 0 Å². The lowest BCUT2D eigenvalue weighted by atomic mass is 10.0. The maximum atomic E-state index is 13.3. The molecule has 3 aromatic rings. The van der Waals surface area contributed by atoms with E-state index in [1.54, 1.807) is 30.5 Å². The highest BCUT2D eigenvalue weighted by atomic mass is 35.5. The van der Waals surface area contributed by atoms with Crippen LogP contribution in [0.1, 0.15) is 53.4 Å². The molecule has 1 fully saturated rings. The fourth-order valence-electron chi connectivity index (χ4n) is 4.89. The highest BCUT2D eigenvalue weighted by molar-refractivity contribution is 7.07. The van der Waals surface area contributed by atoms with Gasteiger partial charge in [-0.05, 0) is 79.3 Å². The van der Waals surface area contributed by atoms with Crippen molar-refractivity contribution >= 4 is 46.5 Å². The fraction of sp³-hybridized carbons (Fsp3) is 0.429. The molecule has 11 heteroatoms. The molecule has 0 aliphatic carbocycles. The van der Waals surface area contributed by atoms with Crippen LogP contribution in [0, 0.1) is 6.92 Å². The average Bonchev–Trinajstić information content (AvgIpc) is 3.44. The molecule has 0 aromatic carbocycles. The third-order valence-electron chi connectivity index (χ3n) is 7.12. The lowest BCUT2D eigenvalue weighted by Gasteiger charge is -2.40. The van der Waals surface area contributed by atoms with Gasteiger partial charge >= 0.3 is 6.03 Å². The van der Waals surface area contributed by atoms with E-state index in [9.17, 15) is 9.59 Å². The van der Waals surface area contributed by atoms with Crippen molar-refractivity contribution in [2.45, 2.75) is 58.3 Å². The number of likely N-dealkylation sites (tertiary alicyclic amines) is 1. The number of halogens is 2. The van der Waals surface area contributed by atoms with Gasteiger partial charge in [0.2, 0.25) is 0 Å². The van der Waals surface area contributed by atoms with Crippen LogP contribution in [-0.4, -0.2) is 63.4 Å². The summed E-state index contributed by atoms with van der Waals surface area (Å²) >= 11 is 13.7. The van der Waals surface area contributed by atoms with Gasteiger partial charge in [0.15, 0.2) is 0 Å². The van der Waals surface area contributed by atoms with Crippen molar-refractivity contribution in [1.82, 2.24) is 30.4 Å². The van der Waals surface area contributed by atoms with E-state index in [1.807, 2.05) is 28.5 Å². The summed E-state index contributed by atoms with van der Waals surface area (Å²) in [5, 5.41) is 10.5. The minimum Gasteiger partial charge on any atom is -0.352 e. The second kappa shape index (κ2) is 14.1. The molecule has 3 aromatic heterocycles. The van der Waals surface area contributed by atoms with Crippen molar-refractivity contribution in [1.29, 1.82) is 0 Å². The summed E-state index contributed by atoms with van der Waals surface area (Å²) in [7, 11) is 0. The normalized spacial score (nSPS) is 15.1. The first-order chi connectivity index (χ1) is 18.8. The molecule has 1 unspecified atom stereocenters. The molecule has 208 valence electrons. The van der Waals surface area contributed by atoms with Crippen LogP contribution in [0.25, 0.3) is 0 Å². The first-order valence-electron chi connectivity index (χ1n) is 13.1. The number of aryl methyl sites for hydroxylation is 1. The Labute approximate surface area is 243 Å². The smallest absolute Gasteiger partial charge is 0.318 e. The summed E-state index contributed by atoms with van der Waals surface area (Å²) in [6.45, 7) is 7.26. The standard InChI is InChI=1S/C28H34Cl2N6O2S/c1-19-15-24(29)34-26(30)25(19)27(37)32-11-6-20(2)35-12-7-23(8-13-35)36(17-21-9-14-39-18-21)28(38)33-16-22-5-3-4-10-31-22/h3-5,9-10,14-15,18,20,23H,6-8,11-13,16-17H2,1-2H3,(H,32,37)(H,33,38). The van der Waals surface area contributed by atoms with Gasteiger partial charge in [0, 0.05) is 44.5 Å². The Morgan fingerprint density at radius 3 is 2.67 bits per heavy atom. The number of thiophene rings is 1. The number of pyridine rings is 2. The monoisotopic (exact) mass is 588 g/mol. The van der Waals surface area contributed by atoms with Crippen molar-refractivity contribution in [3.8, 4) is 0 Å². The largest absolute Gasteiger partial charge is 0.352 e. The highest BCUT2D eigenvalue weighted by Crippen LogP contribution is 2.23. The maximum absolute atomic E-state index is 13.3. The zero-order chi connectivity index (χ0) is 27.8. The number of carbonyl (C=O) groups excluding carboxylic acids is 2. The first kappa shape index (κ1) is 29.3. The lowest BCUT2D eigenvalue weighted by Crippen LogP contribution is -2.51. The van der Waals surface area contributed by atoms with Crippen LogP contribution in [0.4, 0.5) is 4.79 Å². The van der Waals surface area contributed by atoms with Gasteiger partial charge in [-0.25, -0.2) is 9.78 Å². The van der Waals surface area contributed by atoms with Gasteiger partial charge in [-0.15, -0.1) is 0 Å². The third-order valence-corrected chi connectivity index (χ3v) is 8.32. The molecule has 1 saturated heterocycles. The van der Waals surface area contributed by atoms with Gasteiger partial charge in [0.05, 0.1) is 17.8 Å². The molecule has 39 heavy (non-hydrogen) atoms. The Morgan fingerprint density at radius 2 is 2.00 bits per heavy atom. The molecule has 0 radical (unpaired) electrons. The Morgan fingerprint density at radius 1 is 1.21 bits per heavy atom. The van der Waals surface area contributed by atoms with Gasteiger partial charge in [-0.1, -0.05) is 29.3 Å². The number of amides is 3. The molecule has 1 atom stereocenters. The molecule has 8 nitrogen and oxygen atoms in total.